The molecule has 1 heterocycles. The van der Waals surface area contributed by atoms with Gasteiger partial charge >= 0.3 is 0 Å². The van der Waals surface area contributed by atoms with E-state index in [9.17, 15) is 9.59 Å². The minimum Gasteiger partial charge on any atom is -0.379 e. The predicted molar refractivity (Wildman–Crippen MR) is 82.0 cm³/mol. The second-order valence-electron chi connectivity index (χ2n) is 5.95. The van der Waals surface area contributed by atoms with Crippen LogP contribution in [0.2, 0.25) is 0 Å². The highest BCUT2D eigenvalue weighted by Crippen LogP contribution is 2.46. The molecule has 3 rings (SSSR count). The maximum atomic E-state index is 12.3. The van der Waals surface area contributed by atoms with Gasteiger partial charge in [0, 0.05) is 25.3 Å². The maximum absolute atomic E-state index is 12.3. The molecule has 0 bridgehead atoms. The van der Waals surface area contributed by atoms with Crippen molar-refractivity contribution in [2.24, 2.45) is 11.1 Å². The molecule has 0 unspecified atom stereocenters. The van der Waals surface area contributed by atoms with E-state index in [1.165, 1.54) is 0 Å². The van der Waals surface area contributed by atoms with Crippen LogP contribution in [-0.2, 0) is 20.9 Å². The first-order valence-corrected chi connectivity index (χ1v) is 7.61. The lowest BCUT2D eigenvalue weighted by molar-refractivity contribution is -0.132. The third kappa shape index (κ3) is 2.98. The van der Waals surface area contributed by atoms with E-state index in [1.807, 2.05) is 24.3 Å². The van der Waals surface area contributed by atoms with Gasteiger partial charge in [-0.3, -0.25) is 14.5 Å². The van der Waals surface area contributed by atoms with E-state index in [0.29, 0.717) is 12.8 Å². The molecule has 1 saturated carbocycles. The number of carbonyl (C=O) groups excluding carboxylic acids is 2. The summed E-state index contributed by atoms with van der Waals surface area (Å²) in [6.07, 6.45) is 1.08. The Labute approximate surface area is 129 Å². The second kappa shape index (κ2) is 6.06. The molecule has 6 heteroatoms. The molecule has 1 aromatic rings. The van der Waals surface area contributed by atoms with Gasteiger partial charge in [-0.15, -0.1) is 0 Å². The second-order valence-corrected chi connectivity index (χ2v) is 5.95. The number of primary amides is 1. The lowest BCUT2D eigenvalue weighted by atomic mass is 10.0. The van der Waals surface area contributed by atoms with Gasteiger partial charge in [0.1, 0.15) is 5.41 Å². The molecule has 2 aliphatic rings. The number of anilines is 1. The van der Waals surface area contributed by atoms with Crippen LogP contribution in [0.5, 0.6) is 0 Å². The molecule has 2 fully saturated rings. The highest BCUT2D eigenvalue weighted by atomic mass is 16.5. The number of nitrogens with zero attached hydrogens (tertiary/aromatic N) is 1. The number of para-hydroxylation sites is 1. The molecule has 0 aromatic heterocycles. The quantitative estimate of drug-likeness (QED) is 0.785. The molecule has 0 atom stereocenters. The molecule has 2 amide bonds. The molecular weight excluding hydrogens is 282 g/mol. The van der Waals surface area contributed by atoms with Crippen LogP contribution in [0, 0.1) is 5.41 Å². The number of rotatable bonds is 5. The van der Waals surface area contributed by atoms with Crippen molar-refractivity contribution >= 4 is 17.5 Å². The van der Waals surface area contributed by atoms with Crippen LogP contribution in [0.1, 0.15) is 18.4 Å². The summed E-state index contributed by atoms with van der Waals surface area (Å²) >= 11 is 0. The smallest absolute Gasteiger partial charge is 0.240 e. The number of hydrogen-bond donors (Lipinski definition) is 2. The first-order chi connectivity index (χ1) is 10.6. The summed E-state index contributed by atoms with van der Waals surface area (Å²) < 4.78 is 5.35. The first-order valence-electron chi connectivity index (χ1n) is 7.61. The van der Waals surface area contributed by atoms with Crippen molar-refractivity contribution in [2.45, 2.75) is 19.4 Å². The third-order valence-corrected chi connectivity index (χ3v) is 4.42. The molecular formula is C16H21N3O3. The molecule has 1 aromatic carbocycles. The van der Waals surface area contributed by atoms with Crippen molar-refractivity contribution in [1.29, 1.82) is 0 Å². The van der Waals surface area contributed by atoms with Crippen LogP contribution in [-0.4, -0.2) is 43.0 Å². The van der Waals surface area contributed by atoms with E-state index in [-0.39, 0.29) is 5.91 Å². The highest BCUT2D eigenvalue weighted by molar-refractivity contribution is 6.12. The average Bonchev–Trinajstić information content (AvgIpc) is 3.32. The fourth-order valence-corrected chi connectivity index (χ4v) is 2.73. The molecule has 0 radical (unpaired) electrons. The minimum atomic E-state index is -0.994. The molecule has 6 nitrogen and oxygen atoms in total. The fourth-order valence-electron chi connectivity index (χ4n) is 2.73. The predicted octanol–water partition coefficient (Wildman–Crippen LogP) is 0.723. The summed E-state index contributed by atoms with van der Waals surface area (Å²) in [7, 11) is 0. The third-order valence-electron chi connectivity index (χ3n) is 4.42. The Bertz CT molecular complexity index is 578. The molecule has 1 saturated heterocycles. The van der Waals surface area contributed by atoms with Crippen molar-refractivity contribution in [3.05, 3.63) is 29.8 Å². The summed E-state index contributed by atoms with van der Waals surface area (Å²) in [5.74, 6) is -0.815. The van der Waals surface area contributed by atoms with Gasteiger partial charge in [0.15, 0.2) is 0 Å². The molecule has 118 valence electrons. The number of nitrogens with one attached hydrogen (secondary N) is 1. The fraction of sp³-hybridized carbons (Fsp3) is 0.500. The van der Waals surface area contributed by atoms with E-state index in [0.717, 1.165) is 44.1 Å². The largest absolute Gasteiger partial charge is 0.379 e. The van der Waals surface area contributed by atoms with Gasteiger partial charge in [-0.2, -0.15) is 0 Å². The zero-order chi connectivity index (χ0) is 15.6. The van der Waals surface area contributed by atoms with Crippen LogP contribution in [0.25, 0.3) is 0 Å². The van der Waals surface area contributed by atoms with Gasteiger partial charge in [-0.25, -0.2) is 0 Å². The van der Waals surface area contributed by atoms with Crippen molar-refractivity contribution in [1.82, 2.24) is 4.90 Å². The summed E-state index contributed by atoms with van der Waals surface area (Å²) in [5.41, 5.74) is 6.15. The zero-order valence-corrected chi connectivity index (χ0v) is 12.5. The Hall–Kier alpha value is -1.92. The summed E-state index contributed by atoms with van der Waals surface area (Å²) in [4.78, 5) is 26.1. The van der Waals surface area contributed by atoms with Gasteiger partial charge in [0.25, 0.3) is 0 Å². The number of benzene rings is 1. The van der Waals surface area contributed by atoms with E-state index >= 15 is 0 Å². The topological polar surface area (TPSA) is 84.7 Å². The maximum Gasteiger partial charge on any atom is 0.240 e. The van der Waals surface area contributed by atoms with Gasteiger partial charge in [-0.05, 0) is 24.5 Å². The number of hydrogen-bond acceptors (Lipinski definition) is 4. The Kier molecular flexibility index (Phi) is 4.13. The van der Waals surface area contributed by atoms with Crippen LogP contribution in [0.3, 0.4) is 0 Å². The van der Waals surface area contributed by atoms with Crippen molar-refractivity contribution in [3.63, 3.8) is 0 Å². The normalized spacial score (nSPS) is 20.4. The van der Waals surface area contributed by atoms with Crippen LogP contribution < -0.4 is 11.1 Å². The Morgan fingerprint density at radius 3 is 2.55 bits per heavy atom. The van der Waals surface area contributed by atoms with Crippen molar-refractivity contribution in [3.8, 4) is 0 Å². The molecule has 1 aliphatic heterocycles. The number of amides is 2. The number of ether oxygens (including phenoxy) is 1. The Morgan fingerprint density at radius 1 is 1.23 bits per heavy atom. The number of morpholine rings is 1. The summed E-state index contributed by atoms with van der Waals surface area (Å²) in [6.45, 7) is 3.99. The Balaban J connectivity index is 1.71. The van der Waals surface area contributed by atoms with Gasteiger partial charge in [0.05, 0.1) is 13.2 Å². The zero-order valence-electron chi connectivity index (χ0n) is 12.5. The van der Waals surface area contributed by atoms with Crippen LogP contribution in [0.4, 0.5) is 5.69 Å². The van der Waals surface area contributed by atoms with Gasteiger partial charge in [0.2, 0.25) is 11.8 Å². The highest BCUT2D eigenvalue weighted by Gasteiger charge is 2.55. The minimum absolute atomic E-state index is 0.283. The van der Waals surface area contributed by atoms with E-state index in [1.54, 1.807) is 0 Å². The summed E-state index contributed by atoms with van der Waals surface area (Å²) in [5, 5.41) is 2.89. The monoisotopic (exact) mass is 303 g/mol. The molecule has 0 spiro atoms. The van der Waals surface area contributed by atoms with Crippen molar-refractivity contribution < 1.29 is 14.3 Å². The molecule has 1 aliphatic carbocycles. The summed E-state index contributed by atoms with van der Waals surface area (Å²) in [6, 6.07) is 7.69. The van der Waals surface area contributed by atoms with Gasteiger partial charge < -0.3 is 15.8 Å². The van der Waals surface area contributed by atoms with Crippen LogP contribution in [0.15, 0.2) is 24.3 Å². The standard InChI is InChI=1S/C16H21N3O3/c17-14(20)16(5-6-16)15(21)18-13-4-2-1-3-12(13)11-19-7-9-22-10-8-19/h1-4H,5-11H2,(H2,17,20)(H,18,21). The first kappa shape index (κ1) is 15.0. The molecule has 3 N–H and O–H groups in total. The van der Waals surface area contributed by atoms with Gasteiger partial charge in [-0.1, -0.05) is 18.2 Å². The Morgan fingerprint density at radius 2 is 1.91 bits per heavy atom. The number of nitrogens with two attached hydrogens (primary N) is 1. The van der Waals surface area contributed by atoms with Crippen LogP contribution >= 0.6 is 0 Å². The lowest BCUT2D eigenvalue weighted by Crippen LogP contribution is -2.37. The lowest BCUT2D eigenvalue weighted by Gasteiger charge is -2.27. The average molecular weight is 303 g/mol. The van der Waals surface area contributed by atoms with Crippen molar-refractivity contribution in [2.75, 3.05) is 31.6 Å². The number of carbonyl (C=O) groups is 2. The van der Waals surface area contributed by atoms with E-state index < -0.39 is 11.3 Å². The SMILES string of the molecule is NC(=O)C1(C(=O)Nc2ccccc2CN2CCOCC2)CC1. The molecule has 22 heavy (non-hydrogen) atoms. The van der Waals surface area contributed by atoms with E-state index in [2.05, 4.69) is 10.2 Å². The van der Waals surface area contributed by atoms with E-state index in [4.69, 9.17) is 10.5 Å².